The lowest BCUT2D eigenvalue weighted by Crippen LogP contribution is -2.44. The molecule has 0 spiro atoms. The van der Waals surface area contributed by atoms with Crippen LogP contribution in [0.25, 0.3) is 10.8 Å². The zero-order valence-corrected chi connectivity index (χ0v) is 16.8. The number of hydrogen-bond acceptors (Lipinski definition) is 5. The van der Waals surface area contributed by atoms with E-state index >= 15 is 0 Å². The zero-order chi connectivity index (χ0) is 18.8. The molecule has 1 saturated heterocycles. The topological polar surface area (TPSA) is 49.3 Å². The van der Waals surface area contributed by atoms with Gasteiger partial charge < -0.3 is 9.80 Å². The number of carbonyl (C=O) groups is 1. The van der Waals surface area contributed by atoms with Gasteiger partial charge in [0.1, 0.15) is 5.82 Å². The summed E-state index contributed by atoms with van der Waals surface area (Å²) in [6.45, 7) is 3.89. The van der Waals surface area contributed by atoms with E-state index in [2.05, 4.69) is 42.7 Å². The van der Waals surface area contributed by atoms with Gasteiger partial charge in [0, 0.05) is 59.7 Å². The molecule has 138 valence electrons. The minimum Gasteiger partial charge on any atom is -0.354 e. The second-order valence-electron chi connectivity index (χ2n) is 6.96. The summed E-state index contributed by atoms with van der Waals surface area (Å²) in [5, 5.41) is 2.14. The van der Waals surface area contributed by atoms with Crippen LogP contribution in [0.3, 0.4) is 0 Å². The summed E-state index contributed by atoms with van der Waals surface area (Å²) in [5.41, 5.74) is 1.47. The van der Waals surface area contributed by atoms with E-state index in [1.807, 2.05) is 36.5 Å². The maximum absolute atomic E-state index is 12.8. The highest BCUT2D eigenvalue weighted by Crippen LogP contribution is 2.21. The fourth-order valence-corrected chi connectivity index (χ4v) is 3.70. The van der Waals surface area contributed by atoms with Crippen molar-refractivity contribution in [2.24, 2.45) is 0 Å². The van der Waals surface area contributed by atoms with Gasteiger partial charge in [-0.25, -0.2) is 4.98 Å². The quantitative estimate of drug-likeness (QED) is 0.599. The van der Waals surface area contributed by atoms with Gasteiger partial charge in [-0.1, -0.05) is 22.0 Å². The molecule has 1 aromatic carbocycles. The van der Waals surface area contributed by atoms with Crippen LogP contribution in [0, 0.1) is 0 Å². The molecule has 4 rings (SSSR count). The predicted octanol–water partition coefficient (Wildman–Crippen LogP) is 3.57. The van der Waals surface area contributed by atoms with Crippen LogP contribution in [-0.2, 0) is 6.42 Å². The van der Waals surface area contributed by atoms with Crippen molar-refractivity contribution in [1.29, 1.82) is 0 Å². The van der Waals surface area contributed by atoms with Gasteiger partial charge >= 0.3 is 0 Å². The van der Waals surface area contributed by atoms with Crippen molar-refractivity contribution in [3.05, 3.63) is 64.5 Å². The van der Waals surface area contributed by atoms with E-state index in [0.717, 1.165) is 52.9 Å². The lowest BCUT2D eigenvalue weighted by Gasteiger charge is -2.33. The molecule has 0 aliphatic carbocycles. The molecule has 3 heterocycles. The molecule has 27 heavy (non-hydrogen) atoms. The van der Waals surface area contributed by atoms with E-state index in [1.165, 1.54) is 0 Å². The van der Waals surface area contributed by atoms with Crippen LogP contribution < -0.4 is 4.90 Å². The summed E-state index contributed by atoms with van der Waals surface area (Å²) < 4.78 is 1.02. The maximum Gasteiger partial charge on any atom is 0.169 e. The second-order valence-corrected chi connectivity index (χ2v) is 7.88. The normalized spacial score (nSPS) is 15.3. The average Bonchev–Trinajstić information content (AvgIpc) is 2.68. The first-order valence-corrected chi connectivity index (χ1v) is 9.85. The molecule has 3 aromatic rings. The van der Waals surface area contributed by atoms with Gasteiger partial charge in [-0.2, -0.15) is 0 Å². The van der Waals surface area contributed by atoms with Gasteiger partial charge in [0.15, 0.2) is 5.78 Å². The number of aromatic nitrogens is 2. The number of fused-ring (bicyclic) bond motifs is 1. The molecule has 1 fully saturated rings. The van der Waals surface area contributed by atoms with E-state index in [4.69, 9.17) is 0 Å². The number of ketones is 1. The summed E-state index contributed by atoms with van der Waals surface area (Å²) in [6, 6.07) is 11.7. The van der Waals surface area contributed by atoms with Crippen LogP contribution in [0.5, 0.6) is 0 Å². The lowest BCUT2D eigenvalue weighted by atomic mass is 10.1. The number of nitrogens with zero attached hydrogens (tertiary/aromatic N) is 4. The number of rotatable bonds is 4. The Morgan fingerprint density at radius 3 is 2.67 bits per heavy atom. The predicted molar refractivity (Wildman–Crippen MR) is 111 cm³/mol. The highest BCUT2D eigenvalue weighted by atomic mass is 79.9. The third kappa shape index (κ3) is 4.17. The molecule has 0 radical (unpaired) electrons. The Labute approximate surface area is 167 Å². The molecule has 0 atom stereocenters. The molecule has 2 aromatic heterocycles. The molecule has 0 unspecified atom stereocenters. The third-order valence-electron chi connectivity index (χ3n) is 4.98. The van der Waals surface area contributed by atoms with Gasteiger partial charge in [0.05, 0.1) is 6.42 Å². The Bertz CT molecular complexity index is 983. The number of Topliss-reactive ketones (excluding diaryl/α,β-unsaturated/α-hetero) is 1. The number of piperazine rings is 1. The first-order chi connectivity index (χ1) is 13.1. The summed E-state index contributed by atoms with van der Waals surface area (Å²) in [7, 11) is 2.12. The number of anilines is 1. The Hall–Kier alpha value is -2.31. The van der Waals surface area contributed by atoms with Crippen molar-refractivity contribution in [2.45, 2.75) is 6.42 Å². The van der Waals surface area contributed by atoms with Crippen molar-refractivity contribution in [3.8, 4) is 0 Å². The Kier molecular flexibility index (Phi) is 5.18. The highest BCUT2D eigenvalue weighted by molar-refractivity contribution is 9.10. The summed E-state index contributed by atoms with van der Waals surface area (Å²) in [4.78, 5) is 26.3. The van der Waals surface area contributed by atoms with Gasteiger partial charge in [-0.15, -0.1) is 0 Å². The molecule has 5 nitrogen and oxygen atoms in total. The van der Waals surface area contributed by atoms with Crippen LogP contribution >= 0.6 is 15.9 Å². The van der Waals surface area contributed by atoms with Crippen LogP contribution in [0.1, 0.15) is 16.1 Å². The van der Waals surface area contributed by atoms with Crippen molar-refractivity contribution >= 4 is 38.3 Å². The first kappa shape index (κ1) is 18.1. The molecule has 0 saturated carbocycles. The van der Waals surface area contributed by atoms with E-state index < -0.39 is 0 Å². The molecule has 6 heteroatoms. The monoisotopic (exact) mass is 424 g/mol. The van der Waals surface area contributed by atoms with E-state index in [9.17, 15) is 4.79 Å². The number of halogens is 1. The minimum absolute atomic E-state index is 0.0645. The van der Waals surface area contributed by atoms with Crippen LogP contribution in [-0.4, -0.2) is 53.9 Å². The number of pyridine rings is 2. The lowest BCUT2D eigenvalue weighted by molar-refractivity contribution is 0.0992. The number of carbonyl (C=O) groups excluding carboxylic acids is 1. The third-order valence-corrected chi connectivity index (χ3v) is 5.47. The summed E-state index contributed by atoms with van der Waals surface area (Å²) >= 11 is 3.49. The largest absolute Gasteiger partial charge is 0.354 e. The number of benzene rings is 1. The molecule has 1 aliphatic heterocycles. The van der Waals surface area contributed by atoms with Gasteiger partial charge in [-0.3, -0.25) is 9.78 Å². The van der Waals surface area contributed by atoms with Crippen molar-refractivity contribution in [2.75, 3.05) is 38.1 Å². The molecule has 0 bridgehead atoms. The summed E-state index contributed by atoms with van der Waals surface area (Å²) in [5.74, 6) is 0.943. The van der Waals surface area contributed by atoms with Gasteiger partial charge in [0.2, 0.25) is 0 Å². The molecule has 1 aliphatic rings. The fraction of sp³-hybridized carbons (Fsp3) is 0.286. The summed E-state index contributed by atoms with van der Waals surface area (Å²) in [6.07, 6.45) is 3.84. The van der Waals surface area contributed by atoms with E-state index in [1.54, 1.807) is 12.3 Å². The Morgan fingerprint density at radius 1 is 1.04 bits per heavy atom. The van der Waals surface area contributed by atoms with Crippen molar-refractivity contribution in [3.63, 3.8) is 0 Å². The standard InChI is InChI=1S/C21H21BrN4O/c1-25-6-8-26(9-7-25)21-12-15(4-5-23-21)20(27)13-19-11-17-10-18(22)3-2-16(17)14-24-19/h2-5,10-12,14H,6-9,13H2,1H3. The smallest absolute Gasteiger partial charge is 0.169 e. The SMILES string of the molecule is CN1CCN(c2cc(C(=O)Cc3cc4cc(Br)ccc4cn3)ccn2)CC1. The number of likely N-dealkylation sites (N-methyl/N-ethyl adjacent to an activating group) is 1. The molecular weight excluding hydrogens is 404 g/mol. The maximum atomic E-state index is 12.8. The average molecular weight is 425 g/mol. The van der Waals surface area contributed by atoms with E-state index in [-0.39, 0.29) is 12.2 Å². The van der Waals surface area contributed by atoms with Crippen LogP contribution in [0.2, 0.25) is 0 Å². The molecular formula is C21H21BrN4O. The Morgan fingerprint density at radius 2 is 1.85 bits per heavy atom. The second kappa shape index (κ2) is 7.74. The van der Waals surface area contributed by atoms with Crippen molar-refractivity contribution < 1.29 is 4.79 Å². The number of hydrogen-bond donors (Lipinski definition) is 0. The molecule has 0 N–H and O–H groups in total. The first-order valence-electron chi connectivity index (χ1n) is 9.05. The molecule has 0 amide bonds. The van der Waals surface area contributed by atoms with Crippen LogP contribution in [0.4, 0.5) is 5.82 Å². The van der Waals surface area contributed by atoms with Gasteiger partial charge in [-0.05, 0) is 42.8 Å². The van der Waals surface area contributed by atoms with Crippen molar-refractivity contribution in [1.82, 2.24) is 14.9 Å². The van der Waals surface area contributed by atoms with Gasteiger partial charge in [0.25, 0.3) is 0 Å². The highest BCUT2D eigenvalue weighted by Gasteiger charge is 2.17. The minimum atomic E-state index is 0.0645. The van der Waals surface area contributed by atoms with E-state index in [0.29, 0.717) is 5.56 Å². The van der Waals surface area contributed by atoms with Crippen LogP contribution in [0.15, 0.2) is 53.3 Å². The fourth-order valence-electron chi connectivity index (χ4n) is 3.32. The zero-order valence-electron chi connectivity index (χ0n) is 15.2. The Balaban J connectivity index is 1.52.